The molecule has 2 saturated heterocycles. The summed E-state index contributed by atoms with van der Waals surface area (Å²) in [5.74, 6) is -0.275. The third kappa shape index (κ3) is 2.71. The molecule has 22 heavy (non-hydrogen) atoms. The van der Waals surface area contributed by atoms with Gasteiger partial charge in [0.05, 0.1) is 12.1 Å². The Morgan fingerprint density at radius 2 is 1.82 bits per heavy atom. The van der Waals surface area contributed by atoms with Gasteiger partial charge >= 0.3 is 6.09 Å². The first-order chi connectivity index (χ1) is 10.5. The highest BCUT2D eigenvalue weighted by Crippen LogP contribution is 2.32. The summed E-state index contributed by atoms with van der Waals surface area (Å²) in [6, 6.07) is 6.98. The van der Waals surface area contributed by atoms with Crippen LogP contribution in [0.25, 0.3) is 0 Å². The van der Waals surface area contributed by atoms with Gasteiger partial charge < -0.3 is 19.8 Å². The lowest BCUT2D eigenvalue weighted by atomic mass is 9.89. The molecule has 0 saturated carbocycles. The summed E-state index contributed by atoms with van der Waals surface area (Å²) in [6.45, 7) is 1.36. The molecule has 2 N–H and O–H groups in total. The fourth-order valence-corrected chi connectivity index (χ4v) is 3.03. The van der Waals surface area contributed by atoms with E-state index in [1.165, 1.54) is 0 Å². The molecule has 2 amide bonds. The van der Waals surface area contributed by atoms with Gasteiger partial charge in [-0.25, -0.2) is 9.69 Å². The van der Waals surface area contributed by atoms with Crippen molar-refractivity contribution in [2.75, 3.05) is 31.1 Å². The second-order valence-corrected chi connectivity index (χ2v) is 5.74. The van der Waals surface area contributed by atoms with Gasteiger partial charge in [0.2, 0.25) is 0 Å². The third-order valence-electron chi connectivity index (χ3n) is 4.37. The molecule has 0 aliphatic carbocycles. The van der Waals surface area contributed by atoms with Crippen molar-refractivity contribution in [1.29, 1.82) is 0 Å². The Balaban J connectivity index is 1.67. The first-order valence-corrected chi connectivity index (χ1v) is 7.20. The Labute approximate surface area is 127 Å². The number of ether oxygens (including phenoxy) is 1. The molecular formula is C15H18N2O5. The van der Waals surface area contributed by atoms with E-state index in [9.17, 15) is 14.7 Å². The highest BCUT2D eigenvalue weighted by atomic mass is 16.5. The predicted molar refractivity (Wildman–Crippen MR) is 78.0 cm³/mol. The van der Waals surface area contributed by atoms with Gasteiger partial charge in [0.25, 0.3) is 5.91 Å². The molecular weight excluding hydrogens is 288 g/mol. The van der Waals surface area contributed by atoms with Crippen LogP contribution < -0.4 is 4.90 Å². The van der Waals surface area contributed by atoms with E-state index in [-0.39, 0.29) is 18.9 Å². The minimum Gasteiger partial charge on any atom is -0.508 e. The molecule has 2 aliphatic rings. The van der Waals surface area contributed by atoms with E-state index in [0.29, 0.717) is 25.9 Å². The van der Waals surface area contributed by atoms with Gasteiger partial charge in [-0.1, -0.05) is 0 Å². The van der Waals surface area contributed by atoms with Gasteiger partial charge in [0.1, 0.15) is 12.4 Å². The maximum atomic E-state index is 11.6. The quantitative estimate of drug-likeness (QED) is 0.812. The molecule has 0 atom stereocenters. The van der Waals surface area contributed by atoms with Crippen molar-refractivity contribution in [2.24, 2.45) is 0 Å². The Morgan fingerprint density at radius 1 is 1.18 bits per heavy atom. The Morgan fingerprint density at radius 3 is 2.41 bits per heavy atom. The Hall–Kier alpha value is -2.28. The zero-order valence-corrected chi connectivity index (χ0v) is 12.1. The molecule has 0 bridgehead atoms. The lowest BCUT2D eigenvalue weighted by molar-refractivity contribution is -0.162. The number of hydrogen-bond acceptors (Lipinski definition) is 5. The van der Waals surface area contributed by atoms with Gasteiger partial charge in [-0.2, -0.15) is 0 Å². The van der Waals surface area contributed by atoms with Crippen molar-refractivity contribution in [3.63, 3.8) is 0 Å². The van der Waals surface area contributed by atoms with Crippen LogP contribution in [0.4, 0.5) is 10.5 Å². The summed E-state index contributed by atoms with van der Waals surface area (Å²) in [7, 11) is 0. The first-order valence-electron chi connectivity index (χ1n) is 7.20. The first kappa shape index (κ1) is 14.6. The average molecular weight is 306 g/mol. The smallest absolute Gasteiger partial charge is 0.414 e. The number of anilines is 1. The highest BCUT2D eigenvalue weighted by molar-refractivity contribution is 5.92. The van der Waals surface area contributed by atoms with E-state index in [1.807, 2.05) is 12.1 Å². The SMILES string of the molecule is O=C(O)N1CC2(CCN(c3ccc(O)cc3)CC2)OCC1=O. The van der Waals surface area contributed by atoms with Crippen LogP contribution in [0.1, 0.15) is 12.8 Å². The molecule has 0 radical (unpaired) electrons. The molecule has 1 spiro atoms. The molecule has 2 aliphatic heterocycles. The Kier molecular flexibility index (Phi) is 3.66. The van der Waals surface area contributed by atoms with Crippen molar-refractivity contribution in [1.82, 2.24) is 4.90 Å². The second-order valence-electron chi connectivity index (χ2n) is 5.74. The fraction of sp³-hybridized carbons (Fsp3) is 0.467. The molecule has 3 rings (SSSR count). The van der Waals surface area contributed by atoms with Crippen LogP contribution >= 0.6 is 0 Å². The van der Waals surface area contributed by atoms with Gasteiger partial charge in [0.15, 0.2) is 0 Å². The summed E-state index contributed by atoms with van der Waals surface area (Å²) < 4.78 is 5.68. The lowest BCUT2D eigenvalue weighted by Crippen LogP contribution is -2.59. The number of carbonyl (C=O) groups is 2. The van der Waals surface area contributed by atoms with Crippen LogP contribution in [-0.4, -0.2) is 59.0 Å². The second kappa shape index (κ2) is 5.49. The van der Waals surface area contributed by atoms with E-state index >= 15 is 0 Å². The van der Waals surface area contributed by atoms with Crippen LogP contribution in [0, 0.1) is 0 Å². The van der Waals surface area contributed by atoms with Crippen molar-refractivity contribution >= 4 is 17.7 Å². The van der Waals surface area contributed by atoms with Gasteiger partial charge in [-0.3, -0.25) is 4.79 Å². The number of morpholine rings is 1. The molecule has 2 fully saturated rings. The number of carboxylic acid groups (broad SMARTS) is 1. The minimum atomic E-state index is -1.21. The van der Waals surface area contributed by atoms with E-state index in [0.717, 1.165) is 10.6 Å². The molecule has 2 heterocycles. The lowest BCUT2D eigenvalue weighted by Gasteiger charge is -2.46. The summed E-state index contributed by atoms with van der Waals surface area (Å²) in [4.78, 5) is 25.7. The van der Waals surface area contributed by atoms with Crippen molar-refractivity contribution in [3.05, 3.63) is 24.3 Å². The Bertz CT molecular complexity index is 578. The van der Waals surface area contributed by atoms with E-state index in [4.69, 9.17) is 9.84 Å². The number of rotatable bonds is 1. The summed E-state index contributed by atoms with van der Waals surface area (Å²) in [5, 5.41) is 18.4. The van der Waals surface area contributed by atoms with Crippen molar-refractivity contribution in [3.8, 4) is 5.75 Å². The molecule has 7 nitrogen and oxygen atoms in total. The average Bonchev–Trinajstić information content (AvgIpc) is 2.51. The van der Waals surface area contributed by atoms with Crippen molar-refractivity contribution < 1.29 is 24.5 Å². The minimum absolute atomic E-state index is 0.102. The van der Waals surface area contributed by atoms with E-state index in [1.54, 1.807) is 12.1 Å². The molecule has 118 valence electrons. The van der Waals surface area contributed by atoms with E-state index in [2.05, 4.69) is 4.90 Å². The number of phenolic OH excluding ortho intramolecular Hbond substituents is 1. The number of benzene rings is 1. The molecule has 0 aromatic heterocycles. The normalized spacial score (nSPS) is 21.2. The summed E-state index contributed by atoms with van der Waals surface area (Å²) >= 11 is 0. The summed E-state index contributed by atoms with van der Waals surface area (Å²) in [6.07, 6.45) is 0.101. The third-order valence-corrected chi connectivity index (χ3v) is 4.37. The maximum absolute atomic E-state index is 11.6. The largest absolute Gasteiger partial charge is 0.508 e. The number of hydrogen-bond donors (Lipinski definition) is 2. The number of imide groups is 1. The fourth-order valence-electron chi connectivity index (χ4n) is 3.03. The molecule has 7 heteroatoms. The number of amides is 2. The number of phenols is 1. The summed E-state index contributed by atoms with van der Waals surface area (Å²) in [5.41, 5.74) is 0.439. The number of piperidine rings is 1. The van der Waals surface area contributed by atoms with Gasteiger partial charge in [0, 0.05) is 18.8 Å². The monoisotopic (exact) mass is 306 g/mol. The molecule has 0 unspecified atom stereocenters. The maximum Gasteiger partial charge on any atom is 0.414 e. The topological polar surface area (TPSA) is 90.3 Å². The zero-order chi connectivity index (χ0) is 15.7. The van der Waals surface area contributed by atoms with Crippen LogP contribution in [0.5, 0.6) is 5.75 Å². The molecule has 1 aromatic carbocycles. The standard InChI is InChI=1S/C15H18N2O5/c18-12-3-1-11(2-4-12)16-7-5-15(6-8-16)10-17(14(20)21)13(19)9-22-15/h1-4,18H,5-10H2,(H,20,21). The van der Waals surface area contributed by atoms with E-state index < -0.39 is 17.6 Å². The van der Waals surface area contributed by atoms with Crippen LogP contribution in [0.3, 0.4) is 0 Å². The highest BCUT2D eigenvalue weighted by Gasteiger charge is 2.44. The number of aromatic hydroxyl groups is 1. The van der Waals surface area contributed by atoms with Crippen LogP contribution in [0.15, 0.2) is 24.3 Å². The van der Waals surface area contributed by atoms with Crippen LogP contribution in [-0.2, 0) is 9.53 Å². The van der Waals surface area contributed by atoms with Gasteiger partial charge in [-0.15, -0.1) is 0 Å². The zero-order valence-electron chi connectivity index (χ0n) is 12.1. The predicted octanol–water partition coefficient (Wildman–Crippen LogP) is 1.27. The van der Waals surface area contributed by atoms with Crippen LogP contribution in [0.2, 0.25) is 0 Å². The number of nitrogens with zero attached hydrogens (tertiary/aromatic N) is 2. The molecule has 1 aromatic rings. The van der Waals surface area contributed by atoms with Gasteiger partial charge in [-0.05, 0) is 37.1 Å². The number of carbonyl (C=O) groups excluding carboxylic acids is 1. The van der Waals surface area contributed by atoms with Crippen molar-refractivity contribution in [2.45, 2.75) is 18.4 Å².